The van der Waals surface area contributed by atoms with E-state index in [1.807, 2.05) is 20.8 Å². The average Bonchev–Trinajstić information content (AvgIpc) is 3.01. The Morgan fingerprint density at radius 3 is 2.68 bits per heavy atom. The van der Waals surface area contributed by atoms with Crippen molar-refractivity contribution in [3.8, 4) is 17.1 Å². The number of piperidine rings is 1. The number of aromatic nitrogens is 2. The first-order valence-electron chi connectivity index (χ1n) is 8.00. The minimum absolute atomic E-state index is 0.194. The van der Waals surface area contributed by atoms with Crippen molar-refractivity contribution in [2.75, 3.05) is 13.2 Å². The molecule has 118 valence electrons. The molecule has 0 radical (unpaired) electrons. The van der Waals surface area contributed by atoms with Crippen LogP contribution in [0, 0.1) is 13.8 Å². The van der Waals surface area contributed by atoms with Gasteiger partial charge in [-0.3, -0.25) is 0 Å². The van der Waals surface area contributed by atoms with Gasteiger partial charge in [0.1, 0.15) is 5.75 Å². The molecule has 0 unspecified atom stereocenters. The third-order valence-corrected chi connectivity index (χ3v) is 4.06. The molecule has 1 aliphatic heterocycles. The van der Waals surface area contributed by atoms with E-state index in [1.54, 1.807) is 0 Å². The van der Waals surface area contributed by atoms with Crippen LogP contribution in [0.5, 0.6) is 5.75 Å². The van der Waals surface area contributed by atoms with E-state index in [9.17, 15) is 0 Å². The molecule has 1 aliphatic rings. The van der Waals surface area contributed by atoms with Crippen molar-refractivity contribution >= 4 is 0 Å². The number of hydrogen-bond acceptors (Lipinski definition) is 5. The van der Waals surface area contributed by atoms with Gasteiger partial charge in [0.25, 0.3) is 0 Å². The molecule has 5 nitrogen and oxygen atoms in total. The molecule has 1 saturated heterocycles. The molecule has 3 rings (SSSR count). The minimum atomic E-state index is 0.194. The molecule has 0 saturated carbocycles. The van der Waals surface area contributed by atoms with E-state index in [-0.39, 0.29) is 6.04 Å². The number of nitrogens with one attached hydrogen (secondary N) is 1. The molecule has 22 heavy (non-hydrogen) atoms. The number of ether oxygens (including phenoxy) is 1. The fraction of sp³-hybridized carbons (Fsp3) is 0.529. The molecule has 1 fully saturated rings. The highest BCUT2D eigenvalue weighted by atomic mass is 16.5. The fourth-order valence-corrected chi connectivity index (χ4v) is 3.01. The summed E-state index contributed by atoms with van der Waals surface area (Å²) in [5.41, 5.74) is 3.17. The number of hydrogen-bond donors (Lipinski definition) is 1. The summed E-state index contributed by atoms with van der Waals surface area (Å²) in [7, 11) is 0. The van der Waals surface area contributed by atoms with E-state index in [1.165, 1.54) is 12.8 Å². The van der Waals surface area contributed by atoms with Gasteiger partial charge in [-0.15, -0.1) is 0 Å². The van der Waals surface area contributed by atoms with E-state index >= 15 is 0 Å². The van der Waals surface area contributed by atoms with Crippen LogP contribution >= 0.6 is 0 Å². The van der Waals surface area contributed by atoms with Crippen molar-refractivity contribution in [3.05, 3.63) is 29.2 Å². The van der Waals surface area contributed by atoms with Crippen LogP contribution in [0.15, 0.2) is 16.7 Å². The van der Waals surface area contributed by atoms with Crippen molar-refractivity contribution in [3.63, 3.8) is 0 Å². The maximum absolute atomic E-state index is 5.68. The van der Waals surface area contributed by atoms with Crippen LogP contribution in [-0.4, -0.2) is 23.3 Å². The zero-order valence-corrected chi connectivity index (χ0v) is 13.5. The molecule has 1 aromatic carbocycles. The molecule has 2 aromatic rings. The SMILES string of the molecule is CCOc1c(C)cc(-c2noc([C@H]3CCCCN3)n2)cc1C. The van der Waals surface area contributed by atoms with Gasteiger partial charge in [0.2, 0.25) is 11.7 Å². The van der Waals surface area contributed by atoms with Gasteiger partial charge >= 0.3 is 0 Å². The molecule has 2 heterocycles. The first-order chi connectivity index (χ1) is 10.7. The molecule has 0 spiro atoms. The summed E-state index contributed by atoms with van der Waals surface area (Å²) in [5.74, 6) is 2.29. The Kier molecular flexibility index (Phi) is 4.43. The summed E-state index contributed by atoms with van der Waals surface area (Å²) in [5, 5.41) is 7.59. The van der Waals surface area contributed by atoms with Crippen molar-refractivity contribution in [2.24, 2.45) is 0 Å². The van der Waals surface area contributed by atoms with Crippen LogP contribution in [0.1, 0.15) is 49.2 Å². The summed E-state index contributed by atoms with van der Waals surface area (Å²) >= 11 is 0. The van der Waals surface area contributed by atoms with Crippen LogP contribution in [0.3, 0.4) is 0 Å². The second-order valence-electron chi connectivity index (χ2n) is 5.83. The average molecular weight is 301 g/mol. The van der Waals surface area contributed by atoms with E-state index in [2.05, 4.69) is 27.6 Å². The highest BCUT2D eigenvalue weighted by Crippen LogP contribution is 2.30. The van der Waals surface area contributed by atoms with Crippen molar-refractivity contribution in [2.45, 2.75) is 46.1 Å². The standard InChI is InChI=1S/C17H23N3O2/c1-4-21-15-11(2)9-13(10-12(15)3)16-19-17(22-20-16)14-7-5-6-8-18-14/h9-10,14,18H,4-8H2,1-3H3/t14-/m1/s1. The molecular formula is C17H23N3O2. The summed E-state index contributed by atoms with van der Waals surface area (Å²) in [4.78, 5) is 4.58. The predicted octanol–water partition coefficient (Wildman–Crippen LogP) is 3.57. The lowest BCUT2D eigenvalue weighted by atomic mass is 10.0. The molecule has 5 heteroatoms. The largest absolute Gasteiger partial charge is 0.493 e. The van der Waals surface area contributed by atoms with Crippen LogP contribution in [0.4, 0.5) is 0 Å². The Labute approximate surface area is 131 Å². The third kappa shape index (κ3) is 2.99. The Bertz CT molecular complexity index is 622. The van der Waals surface area contributed by atoms with Crippen LogP contribution in [0.25, 0.3) is 11.4 Å². The fourth-order valence-electron chi connectivity index (χ4n) is 3.01. The van der Waals surface area contributed by atoms with Gasteiger partial charge < -0.3 is 14.6 Å². The highest BCUT2D eigenvalue weighted by Gasteiger charge is 2.21. The van der Waals surface area contributed by atoms with Gasteiger partial charge in [-0.1, -0.05) is 11.6 Å². The zero-order valence-electron chi connectivity index (χ0n) is 13.5. The van der Waals surface area contributed by atoms with Gasteiger partial charge in [-0.25, -0.2) is 0 Å². The van der Waals surface area contributed by atoms with Crippen LogP contribution in [0.2, 0.25) is 0 Å². The molecule has 0 aliphatic carbocycles. The maximum Gasteiger partial charge on any atom is 0.244 e. The Balaban J connectivity index is 1.86. The molecule has 0 amide bonds. The number of benzene rings is 1. The number of aryl methyl sites for hydroxylation is 2. The molecule has 1 N–H and O–H groups in total. The van der Waals surface area contributed by atoms with Gasteiger partial charge in [-0.05, 0) is 63.4 Å². The minimum Gasteiger partial charge on any atom is -0.493 e. The topological polar surface area (TPSA) is 60.2 Å². The van der Waals surface area contributed by atoms with Crippen LogP contribution in [-0.2, 0) is 0 Å². The van der Waals surface area contributed by atoms with Crippen molar-refractivity contribution in [1.29, 1.82) is 0 Å². The summed E-state index contributed by atoms with van der Waals surface area (Å²) in [6.45, 7) is 7.77. The monoisotopic (exact) mass is 301 g/mol. The number of rotatable bonds is 4. The Morgan fingerprint density at radius 1 is 1.27 bits per heavy atom. The summed E-state index contributed by atoms with van der Waals surface area (Å²) < 4.78 is 11.1. The van der Waals surface area contributed by atoms with Gasteiger partial charge in [0.05, 0.1) is 12.6 Å². The smallest absolute Gasteiger partial charge is 0.244 e. The first-order valence-corrected chi connectivity index (χ1v) is 8.00. The normalized spacial score (nSPS) is 18.4. The molecule has 0 bridgehead atoms. The van der Waals surface area contributed by atoms with Gasteiger partial charge in [0.15, 0.2) is 0 Å². The van der Waals surface area contributed by atoms with E-state index in [4.69, 9.17) is 9.26 Å². The summed E-state index contributed by atoms with van der Waals surface area (Å²) in [6, 6.07) is 4.31. The second-order valence-corrected chi connectivity index (χ2v) is 5.83. The molecule has 1 aromatic heterocycles. The number of nitrogens with zero attached hydrogens (tertiary/aromatic N) is 2. The van der Waals surface area contributed by atoms with Crippen molar-refractivity contribution < 1.29 is 9.26 Å². The zero-order chi connectivity index (χ0) is 15.5. The predicted molar refractivity (Wildman–Crippen MR) is 85.0 cm³/mol. The second kappa shape index (κ2) is 6.48. The highest BCUT2D eigenvalue weighted by molar-refractivity contribution is 5.61. The Morgan fingerprint density at radius 2 is 2.05 bits per heavy atom. The van der Waals surface area contributed by atoms with Gasteiger partial charge in [0, 0.05) is 5.56 Å². The quantitative estimate of drug-likeness (QED) is 0.935. The lowest BCUT2D eigenvalue weighted by molar-refractivity contribution is 0.297. The summed E-state index contributed by atoms with van der Waals surface area (Å²) in [6.07, 6.45) is 3.48. The molecule has 1 atom stereocenters. The van der Waals surface area contributed by atoms with Crippen molar-refractivity contribution in [1.82, 2.24) is 15.5 Å². The van der Waals surface area contributed by atoms with E-state index in [0.717, 1.165) is 35.4 Å². The maximum atomic E-state index is 5.68. The van der Waals surface area contributed by atoms with E-state index in [0.29, 0.717) is 18.3 Å². The third-order valence-electron chi connectivity index (χ3n) is 4.06. The first kappa shape index (κ1) is 15.0. The van der Waals surface area contributed by atoms with Gasteiger partial charge in [-0.2, -0.15) is 4.98 Å². The lowest BCUT2D eigenvalue weighted by Gasteiger charge is -2.19. The van der Waals surface area contributed by atoms with E-state index < -0.39 is 0 Å². The lowest BCUT2D eigenvalue weighted by Crippen LogP contribution is -2.26. The Hall–Kier alpha value is -1.88. The molecular weight excluding hydrogens is 278 g/mol. The van der Waals surface area contributed by atoms with Crippen LogP contribution < -0.4 is 10.1 Å².